The Morgan fingerprint density at radius 2 is 1.53 bits per heavy atom. The third kappa shape index (κ3) is 4.80. The van der Waals surface area contributed by atoms with Gasteiger partial charge >= 0.3 is 12.0 Å². The highest BCUT2D eigenvalue weighted by atomic mass is 32.2. The highest BCUT2D eigenvalue weighted by molar-refractivity contribution is 7.88. The molecule has 1 aliphatic heterocycles. The molecule has 5 aliphatic rings. The Labute approximate surface area is 177 Å². The summed E-state index contributed by atoms with van der Waals surface area (Å²) in [5.74, 6) is 0.433. The van der Waals surface area contributed by atoms with E-state index in [1.165, 1.54) is 23.6 Å². The Morgan fingerprint density at radius 1 is 1.00 bits per heavy atom. The lowest BCUT2D eigenvalue weighted by Gasteiger charge is -2.56. The van der Waals surface area contributed by atoms with Gasteiger partial charge in [-0.2, -0.15) is 0 Å². The lowest BCUT2D eigenvalue weighted by molar-refractivity contribution is -0.153. The zero-order valence-electron chi connectivity index (χ0n) is 17.4. The van der Waals surface area contributed by atoms with Gasteiger partial charge < -0.3 is 10.1 Å². The van der Waals surface area contributed by atoms with Gasteiger partial charge in [0, 0.05) is 18.6 Å². The highest BCUT2D eigenvalue weighted by Crippen LogP contribution is 2.55. The predicted octanol–water partition coefficient (Wildman–Crippen LogP) is 0.996. The summed E-state index contributed by atoms with van der Waals surface area (Å²) in [5, 5.41) is 5.34. The topological polar surface area (TPSA) is 122 Å². The Morgan fingerprint density at radius 3 is 2.03 bits per heavy atom. The monoisotopic (exact) mass is 441 g/mol. The molecule has 0 spiro atoms. The maximum absolute atomic E-state index is 12.4. The maximum atomic E-state index is 12.4. The normalized spacial score (nSPS) is 33.8. The van der Waals surface area contributed by atoms with Gasteiger partial charge in [-0.25, -0.2) is 17.5 Å². The summed E-state index contributed by atoms with van der Waals surface area (Å²) in [6.45, 7) is 0.00987. The molecule has 168 valence electrons. The molecule has 0 atom stereocenters. The first-order valence-electron chi connectivity index (χ1n) is 10.9. The molecule has 2 N–H and O–H groups in total. The minimum Gasteiger partial charge on any atom is -0.455 e. The lowest BCUT2D eigenvalue weighted by atomic mass is 9.53. The van der Waals surface area contributed by atoms with Crippen LogP contribution >= 0.6 is 0 Å². The van der Waals surface area contributed by atoms with Crippen LogP contribution in [0.15, 0.2) is 0 Å². The van der Waals surface area contributed by atoms with Gasteiger partial charge in [-0.3, -0.25) is 14.9 Å². The zero-order valence-corrected chi connectivity index (χ0v) is 18.2. The molecule has 0 aromatic rings. The van der Waals surface area contributed by atoms with Crippen molar-refractivity contribution in [3.05, 3.63) is 0 Å². The van der Waals surface area contributed by atoms with Crippen LogP contribution < -0.4 is 10.6 Å². The Kier molecular flexibility index (Phi) is 5.82. The fourth-order valence-electron chi connectivity index (χ4n) is 6.38. The van der Waals surface area contributed by atoms with Crippen molar-refractivity contribution in [1.29, 1.82) is 0 Å². The van der Waals surface area contributed by atoms with E-state index in [-0.39, 0.29) is 18.6 Å². The molecule has 9 nitrogen and oxygen atoms in total. The first-order valence-corrected chi connectivity index (χ1v) is 12.7. The van der Waals surface area contributed by atoms with Gasteiger partial charge in [0.05, 0.1) is 12.2 Å². The molecule has 5 rings (SSSR count). The molecule has 3 amide bonds. The number of piperidine rings is 1. The molecule has 10 heteroatoms. The number of nitrogens with zero attached hydrogens (tertiary/aromatic N) is 1. The van der Waals surface area contributed by atoms with E-state index < -0.39 is 40.5 Å². The average Bonchev–Trinajstić information content (AvgIpc) is 2.63. The Bertz CT molecular complexity index is 783. The van der Waals surface area contributed by atoms with Gasteiger partial charge in [-0.05, 0) is 69.1 Å². The van der Waals surface area contributed by atoms with E-state index in [1.54, 1.807) is 0 Å². The molecule has 0 unspecified atom stereocenters. The first-order chi connectivity index (χ1) is 14.1. The first kappa shape index (κ1) is 21.5. The summed E-state index contributed by atoms with van der Waals surface area (Å²) in [6, 6.07) is -0.514. The quantitative estimate of drug-likeness (QED) is 0.614. The Hall–Kier alpha value is -1.68. The Balaban J connectivity index is 1.19. The maximum Gasteiger partial charge on any atom is 0.321 e. The number of hydrogen-bond donors (Lipinski definition) is 2. The number of amides is 3. The third-order valence-electron chi connectivity index (χ3n) is 7.27. The van der Waals surface area contributed by atoms with E-state index in [4.69, 9.17) is 4.74 Å². The number of nitrogens with one attached hydrogen (secondary N) is 2. The van der Waals surface area contributed by atoms with Crippen molar-refractivity contribution in [2.24, 2.45) is 23.7 Å². The largest absolute Gasteiger partial charge is 0.455 e. The second-order valence-electron chi connectivity index (χ2n) is 9.74. The minimum absolute atomic E-state index is 0.191. The van der Waals surface area contributed by atoms with Crippen molar-refractivity contribution in [3.8, 4) is 0 Å². The molecule has 5 fully saturated rings. The zero-order chi connectivity index (χ0) is 21.5. The SMILES string of the molecule is CS(=O)(=O)N1CCC(C(=O)OCC(=O)NC(=O)NC23CC4CC(CC(C4)C2)C3)CC1. The number of imide groups is 1. The molecule has 1 saturated heterocycles. The summed E-state index contributed by atoms with van der Waals surface area (Å²) in [6.07, 6.45) is 8.62. The second kappa shape index (κ2) is 8.11. The lowest BCUT2D eigenvalue weighted by Crippen LogP contribution is -2.62. The van der Waals surface area contributed by atoms with Crippen molar-refractivity contribution < 1.29 is 27.5 Å². The van der Waals surface area contributed by atoms with Gasteiger partial charge in [0.2, 0.25) is 10.0 Å². The third-order valence-corrected chi connectivity index (χ3v) is 8.57. The number of sulfonamides is 1. The van der Waals surface area contributed by atoms with Gasteiger partial charge in [-0.1, -0.05) is 0 Å². The van der Waals surface area contributed by atoms with E-state index in [1.807, 2.05) is 0 Å². The number of urea groups is 1. The van der Waals surface area contributed by atoms with Crippen LogP contribution in [0.25, 0.3) is 0 Å². The summed E-state index contributed by atoms with van der Waals surface area (Å²) in [7, 11) is -3.26. The van der Waals surface area contributed by atoms with Gasteiger partial charge in [0.15, 0.2) is 6.61 Å². The van der Waals surface area contributed by atoms with Crippen molar-refractivity contribution in [3.63, 3.8) is 0 Å². The standard InChI is InChI=1S/C20H31N3O6S/c1-30(27,28)23-4-2-16(3-5-23)18(25)29-12-17(24)21-19(26)22-20-9-13-6-14(10-20)8-15(7-13)11-20/h13-16H,2-12H2,1H3,(H2,21,22,24,26). The number of hydrogen-bond acceptors (Lipinski definition) is 6. The van der Waals surface area contributed by atoms with Crippen LogP contribution in [0.2, 0.25) is 0 Å². The van der Waals surface area contributed by atoms with E-state index in [0.29, 0.717) is 30.6 Å². The summed E-state index contributed by atoms with van der Waals surface area (Å²) < 4.78 is 29.4. The minimum atomic E-state index is -3.26. The van der Waals surface area contributed by atoms with Crippen LogP contribution in [0.5, 0.6) is 0 Å². The van der Waals surface area contributed by atoms with Crippen LogP contribution in [0.4, 0.5) is 4.79 Å². The number of carbonyl (C=O) groups excluding carboxylic acids is 3. The summed E-state index contributed by atoms with van der Waals surface area (Å²) in [5.41, 5.74) is -0.191. The molecule has 0 radical (unpaired) electrons. The van der Waals surface area contributed by atoms with E-state index in [0.717, 1.165) is 25.5 Å². The molecule has 4 aliphatic carbocycles. The smallest absolute Gasteiger partial charge is 0.321 e. The van der Waals surface area contributed by atoms with E-state index >= 15 is 0 Å². The molecular formula is C20H31N3O6S. The second-order valence-corrected chi connectivity index (χ2v) is 11.7. The fraction of sp³-hybridized carbons (Fsp3) is 0.850. The van der Waals surface area contributed by atoms with E-state index in [9.17, 15) is 22.8 Å². The highest BCUT2D eigenvalue weighted by Gasteiger charge is 2.51. The van der Waals surface area contributed by atoms with Crippen LogP contribution in [-0.2, 0) is 24.3 Å². The molecule has 30 heavy (non-hydrogen) atoms. The molecule has 1 heterocycles. The molecule has 4 bridgehead atoms. The van der Waals surface area contributed by atoms with Crippen molar-refractivity contribution in [2.45, 2.75) is 56.9 Å². The van der Waals surface area contributed by atoms with Crippen molar-refractivity contribution >= 4 is 27.9 Å². The van der Waals surface area contributed by atoms with E-state index in [2.05, 4.69) is 10.6 Å². The molecule has 4 saturated carbocycles. The molecular weight excluding hydrogens is 410 g/mol. The number of carbonyl (C=O) groups is 3. The van der Waals surface area contributed by atoms with Crippen LogP contribution in [0.3, 0.4) is 0 Å². The molecule has 0 aromatic carbocycles. The predicted molar refractivity (Wildman–Crippen MR) is 108 cm³/mol. The molecule has 0 aromatic heterocycles. The van der Waals surface area contributed by atoms with Crippen LogP contribution in [-0.4, -0.2) is 62.1 Å². The summed E-state index contributed by atoms with van der Waals surface area (Å²) >= 11 is 0. The number of ether oxygens (including phenoxy) is 1. The van der Waals surface area contributed by atoms with Crippen LogP contribution in [0, 0.1) is 23.7 Å². The summed E-state index contributed by atoms with van der Waals surface area (Å²) in [4.78, 5) is 36.6. The van der Waals surface area contributed by atoms with Gasteiger partial charge in [0.1, 0.15) is 0 Å². The van der Waals surface area contributed by atoms with Crippen molar-refractivity contribution in [2.75, 3.05) is 26.0 Å². The number of rotatable bonds is 5. The average molecular weight is 442 g/mol. The van der Waals surface area contributed by atoms with Crippen molar-refractivity contribution in [1.82, 2.24) is 14.9 Å². The fourth-order valence-corrected chi connectivity index (χ4v) is 7.25. The van der Waals surface area contributed by atoms with Crippen LogP contribution in [0.1, 0.15) is 51.4 Å². The number of esters is 1. The van der Waals surface area contributed by atoms with Gasteiger partial charge in [0.25, 0.3) is 5.91 Å². The van der Waals surface area contributed by atoms with Gasteiger partial charge in [-0.15, -0.1) is 0 Å².